The molecule has 5 nitrogen and oxygen atoms in total. The molecule has 1 N–H and O–H groups in total. The molecule has 132 valence electrons. The first kappa shape index (κ1) is 17.7. The molecule has 1 unspecified atom stereocenters. The number of nitrogens with one attached hydrogen (secondary N) is 1. The SMILES string of the molecule is C=CCn1c(SC(C)C(=O)Nc2ccc(C)c(F)c2)nnc1C1CC1. The molecule has 1 atom stereocenters. The number of halogens is 1. The van der Waals surface area contributed by atoms with Crippen molar-refractivity contribution in [2.75, 3.05) is 5.32 Å². The maximum absolute atomic E-state index is 13.6. The summed E-state index contributed by atoms with van der Waals surface area (Å²) in [5.41, 5.74) is 0.998. The first-order valence-corrected chi connectivity index (χ1v) is 9.15. The Morgan fingerprint density at radius 2 is 2.28 bits per heavy atom. The number of carbonyl (C=O) groups excluding carboxylic acids is 1. The second kappa shape index (κ2) is 7.39. The van der Waals surface area contributed by atoms with Crippen LogP contribution in [0, 0.1) is 12.7 Å². The maximum atomic E-state index is 13.6. The summed E-state index contributed by atoms with van der Waals surface area (Å²) in [6.45, 7) is 7.89. The Balaban J connectivity index is 1.68. The zero-order valence-electron chi connectivity index (χ0n) is 14.3. The quantitative estimate of drug-likeness (QED) is 0.601. The van der Waals surface area contributed by atoms with Crippen molar-refractivity contribution < 1.29 is 9.18 Å². The predicted molar refractivity (Wildman–Crippen MR) is 97.3 cm³/mol. The lowest BCUT2D eigenvalue weighted by Gasteiger charge is -2.13. The van der Waals surface area contributed by atoms with Gasteiger partial charge in [-0.2, -0.15) is 0 Å². The van der Waals surface area contributed by atoms with Crippen LogP contribution in [0.25, 0.3) is 0 Å². The Hall–Kier alpha value is -2.15. The molecule has 1 aliphatic carbocycles. The standard InChI is InChI=1S/C18H21FN4OS/c1-4-9-23-16(13-6-7-13)21-22-18(23)25-12(3)17(24)20-14-8-5-11(2)15(19)10-14/h4-5,8,10,12-13H,1,6-7,9H2,2-3H3,(H,20,24). The fraction of sp³-hybridized carbons (Fsp3) is 0.389. The fourth-order valence-corrected chi connectivity index (χ4v) is 3.32. The third-order valence-electron chi connectivity index (χ3n) is 4.09. The smallest absolute Gasteiger partial charge is 0.237 e. The summed E-state index contributed by atoms with van der Waals surface area (Å²) >= 11 is 1.35. The van der Waals surface area contributed by atoms with Gasteiger partial charge < -0.3 is 9.88 Å². The Kier molecular flexibility index (Phi) is 5.22. The van der Waals surface area contributed by atoms with E-state index in [1.54, 1.807) is 32.1 Å². The Labute approximate surface area is 150 Å². The van der Waals surface area contributed by atoms with E-state index in [9.17, 15) is 9.18 Å². The number of rotatable bonds is 7. The van der Waals surface area contributed by atoms with E-state index in [1.165, 1.54) is 17.8 Å². The molecule has 1 aliphatic rings. The van der Waals surface area contributed by atoms with E-state index in [-0.39, 0.29) is 17.0 Å². The molecule has 1 aromatic heterocycles. The number of aryl methyl sites for hydroxylation is 1. The summed E-state index contributed by atoms with van der Waals surface area (Å²) < 4.78 is 15.6. The molecule has 0 radical (unpaired) electrons. The summed E-state index contributed by atoms with van der Waals surface area (Å²) in [6.07, 6.45) is 4.07. The number of amides is 1. The molecule has 1 heterocycles. The van der Waals surface area contributed by atoms with Crippen molar-refractivity contribution in [2.45, 2.75) is 49.6 Å². The molecule has 0 bridgehead atoms. The van der Waals surface area contributed by atoms with E-state index in [1.807, 2.05) is 4.57 Å². The van der Waals surface area contributed by atoms with Crippen LogP contribution in [0.2, 0.25) is 0 Å². The normalized spacial score (nSPS) is 15.0. The van der Waals surface area contributed by atoms with Crippen LogP contribution in [-0.4, -0.2) is 25.9 Å². The lowest BCUT2D eigenvalue weighted by molar-refractivity contribution is -0.115. The van der Waals surface area contributed by atoms with Crippen LogP contribution in [-0.2, 0) is 11.3 Å². The second-order valence-corrected chi connectivity index (χ2v) is 7.54. The van der Waals surface area contributed by atoms with Gasteiger partial charge in [-0.1, -0.05) is 23.9 Å². The number of anilines is 1. The molecule has 25 heavy (non-hydrogen) atoms. The molecule has 1 fully saturated rings. The van der Waals surface area contributed by atoms with Gasteiger partial charge in [0.15, 0.2) is 5.16 Å². The zero-order chi connectivity index (χ0) is 18.0. The van der Waals surface area contributed by atoms with Crippen LogP contribution >= 0.6 is 11.8 Å². The third kappa shape index (κ3) is 4.10. The zero-order valence-corrected chi connectivity index (χ0v) is 15.1. The molecular formula is C18H21FN4OS. The van der Waals surface area contributed by atoms with Crippen LogP contribution in [0.4, 0.5) is 10.1 Å². The van der Waals surface area contributed by atoms with Gasteiger partial charge in [0.05, 0.1) is 5.25 Å². The molecule has 1 amide bonds. The minimum absolute atomic E-state index is 0.200. The molecule has 1 aromatic carbocycles. The highest BCUT2D eigenvalue weighted by Gasteiger charge is 2.31. The van der Waals surface area contributed by atoms with E-state index >= 15 is 0 Å². The first-order chi connectivity index (χ1) is 12.0. The molecule has 2 aromatic rings. The highest BCUT2D eigenvalue weighted by atomic mass is 32.2. The number of thioether (sulfide) groups is 1. The molecule has 0 saturated heterocycles. The highest BCUT2D eigenvalue weighted by Crippen LogP contribution is 2.40. The molecule has 0 spiro atoms. The average Bonchev–Trinajstić information content (AvgIpc) is 3.35. The van der Waals surface area contributed by atoms with Gasteiger partial charge in [0.2, 0.25) is 5.91 Å². The van der Waals surface area contributed by atoms with Crippen molar-refractivity contribution in [3.63, 3.8) is 0 Å². The van der Waals surface area contributed by atoms with Gasteiger partial charge in [0.25, 0.3) is 0 Å². The van der Waals surface area contributed by atoms with E-state index in [0.717, 1.165) is 18.7 Å². The van der Waals surface area contributed by atoms with Crippen molar-refractivity contribution >= 4 is 23.4 Å². The number of allylic oxidation sites excluding steroid dienone is 1. The molecule has 7 heteroatoms. The lowest BCUT2D eigenvalue weighted by atomic mass is 10.2. The van der Waals surface area contributed by atoms with E-state index in [4.69, 9.17) is 0 Å². The highest BCUT2D eigenvalue weighted by molar-refractivity contribution is 8.00. The summed E-state index contributed by atoms with van der Waals surface area (Å²) in [5, 5.41) is 11.6. The van der Waals surface area contributed by atoms with E-state index in [0.29, 0.717) is 28.9 Å². The summed E-state index contributed by atoms with van der Waals surface area (Å²) in [6, 6.07) is 4.67. The largest absolute Gasteiger partial charge is 0.325 e. The predicted octanol–water partition coefficient (Wildman–Crippen LogP) is 3.91. The number of aromatic nitrogens is 3. The number of hydrogen-bond acceptors (Lipinski definition) is 4. The van der Waals surface area contributed by atoms with Gasteiger partial charge >= 0.3 is 0 Å². The number of nitrogens with zero attached hydrogens (tertiary/aromatic N) is 3. The van der Waals surface area contributed by atoms with Gasteiger partial charge in [-0.3, -0.25) is 4.79 Å². The molecule has 1 saturated carbocycles. The van der Waals surface area contributed by atoms with Gasteiger partial charge in [-0.05, 0) is 44.4 Å². The van der Waals surface area contributed by atoms with E-state index < -0.39 is 0 Å². The average molecular weight is 360 g/mol. The van der Waals surface area contributed by atoms with Crippen LogP contribution in [0.5, 0.6) is 0 Å². The summed E-state index contributed by atoms with van der Waals surface area (Å²) in [4.78, 5) is 12.4. The van der Waals surface area contributed by atoms with Gasteiger partial charge in [0, 0.05) is 18.2 Å². The lowest BCUT2D eigenvalue weighted by Crippen LogP contribution is -2.23. The van der Waals surface area contributed by atoms with Crippen LogP contribution in [0.15, 0.2) is 36.0 Å². The first-order valence-electron chi connectivity index (χ1n) is 8.27. The minimum atomic E-state index is -0.385. The van der Waals surface area contributed by atoms with Gasteiger partial charge in [-0.15, -0.1) is 16.8 Å². The minimum Gasteiger partial charge on any atom is -0.325 e. The van der Waals surface area contributed by atoms with Crippen LogP contribution in [0.3, 0.4) is 0 Å². The van der Waals surface area contributed by atoms with Crippen molar-refractivity contribution in [1.29, 1.82) is 0 Å². The topological polar surface area (TPSA) is 59.8 Å². The molecule has 3 rings (SSSR count). The third-order valence-corrected chi connectivity index (χ3v) is 5.17. The van der Waals surface area contributed by atoms with Gasteiger partial charge in [-0.25, -0.2) is 4.39 Å². The van der Waals surface area contributed by atoms with Gasteiger partial charge in [0.1, 0.15) is 11.6 Å². The Morgan fingerprint density at radius 1 is 1.52 bits per heavy atom. The van der Waals surface area contributed by atoms with Crippen molar-refractivity contribution in [1.82, 2.24) is 14.8 Å². The maximum Gasteiger partial charge on any atom is 0.237 e. The summed E-state index contributed by atoms with van der Waals surface area (Å²) in [7, 11) is 0. The number of carbonyl (C=O) groups is 1. The Bertz CT molecular complexity index is 800. The van der Waals surface area contributed by atoms with Crippen molar-refractivity contribution in [3.8, 4) is 0 Å². The monoisotopic (exact) mass is 360 g/mol. The molecule has 0 aliphatic heterocycles. The van der Waals surface area contributed by atoms with E-state index in [2.05, 4.69) is 22.1 Å². The number of hydrogen-bond donors (Lipinski definition) is 1. The number of benzene rings is 1. The molecular weight excluding hydrogens is 339 g/mol. The van der Waals surface area contributed by atoms with Crippen molar-refractivity contribution in [3.05, 3.63) is 48.1 Å². The second-order valence-electron chi connectivity index (χ2n) is 6.23. The Morgan fingerprint density at radius 3 is 2.92 bits per heavy atom. The van der Waals surface area contributed by atoms with Crippen LogP contribution in [0.1, 0.15) is 37.1 Å². The van der Waals surface area contributed by atoms with Crippen molar-refractivity contribution in [2.24, 2.45) is 0 Å². The summed E-state index contributed by atoms with van der Waals surface area (Å²) in [5.74, 6) is 0.907. The fourth-order valence-electron chi connectivity index (χ4n) is 2.46. The van der Waals surface area contributed by atoms with Crippen LogP contribution < -0.4 is 5.32 Å².